The zero-order chi connectivity index (χ0) is 6.69. The van der Waals surface area contributed by atoms with Crippen LogP contribution in [0.1, 0.15) is 19.2 Å². The smallest absolute Gasteiger partial charge is 0.248 e. The van der Waals surface area contributed by atoms with Gasteiger partial charge in [0.1, 0.15) is 12.4 Å². The summed E-state index contributed by atoms with van der Waals surface area (Å²) in [6.07, 6.45) is 6.34. The Morgan fingerprint density at radius 2 is 2.44 bits per heavy atom. The zero-order valence-corrected chi connectivity index (χ0v) is 6.02. The number of rotatable bonds is 2. The van der Waals surface area contributed by atoms with Crippen molar-refractivity contribution in [3.63, 3.8) is 0 Å². The van der Waals surface area contributed by atoms with Crippen molar-refractivity contribution in [2.24, 2.45) is 7.05 Å². The lowest BCUT2D eigenvalue weighted by Crippen LogP contribution is -2.30. The molecule has 0 saturated heterocycles. The van der Waals surface area contributed by atoms with Gasteiger partial charge in [0.05, 0.1) is 7.05 Å². The van der Waals surface area contributed by atoms with E-state index in [1.807, 2.05) is 12.4 Å². The summed E-state index contributed by atoms with van der Waals surface area (Å²) < 4.78 is 2.11. The van der Waals surface area contributed by atoms with Crippen molar-refractivity contribution in [1.82, 2.24) is 4.98 Å². The highest BCUT2D eigenvalue weighted by molar-refractivity contribution is 4.75. The Morgan fingerprint density at radius 1 is 1.67 bits per heavy atom. The molecule has 1 N–H and O–H groups in total. The van der Waals surface area contributed by atoms with E-state index < -0.39 is 0 Å². The third-order valence-corrected chi connectivity index (χ3v) is 1.46. The molecule has 0 aliphatic heterocycles. The third-order valence-electron chi connectivity index (χ3n) is 1.46. The van der Waals surface area contributed by atoms with Gasteiger partial charge >= 0.3 is 0 Å². The Bertz CT molecular complexity index is 179. The Labute approximate surface area is 55.5 Å². The Balaban J connectivity index is 2.69. The van der Waals surface area contributed by atoms with E-state index in [1.165, 1.54) is 12.2 Å². The Hall–Kier alpha value is -0.790. The molecule has 0 aliphatic rings. The Kier molecular flexibility index (Phi) is 1.88. The van der Waals surface area contributed by atoms with E-state index in [-0.39, 0.29) is 0 Å². The summed E-state index contributed by atoms with van der Waals surface area (Å²) in [6, 6.07) is 0. The minimum atomic E-state index is 1.14. The first-order valence-corrected chi connectivity index (χ1v) is 3.36. The number of aromatic amines is 1. The molecule has 0 atom stereocenters. The second-order valence-corrected chi connectivity index (χ2v) is 2.27. The number of hydrogen-bond acceptors (Lipinski definition) is 0. The maximum absolute atomic E-state index is 3.17. The first kappa shape index (κ1) is 6.33. The second-order valence-electron chi connectivity index (χ2n) is 2.27. The number of nitrogens with one attached hydrogen (secondary N) is 1. The largest absolute Gasteiger partial charge is 0.253 e. The van der Waals surface area contributed by atoms with Gasteiger partial charge in [0.2, 0.25) is 0 Å². The van der Waals surface area contributed by atoms with Gasteiger partial charge in [-0.25, -0.2) is 9.55 Å². The van der Waals surface area contributed by atoms with Crippen molar-refractivity contribution in [2.75, 3.05) is 0 Å². The molecule has 50 valence electrons. The third kappa shape index (κ3) is 1.31. The van der Waals surface area contributed by atoms with E-state index >= 15 is 0 Å². The van der Waals surface area contributed by atoms with Crippen molar-refractivity contribution in [1.29, 1.82) is 0 Å². The minimum absolute atomic E-state index is 1.14. The summed E-state index contributed by atoms with van der Waals surface area (Å²) in [4.78, 5) is 3.17. The van der Waals surface area contributed by atoms with Crippen molar-refractivity contribution in [3.8, 4) is 0 Å². The lowest BCUT2D eigenvalue weighted by Gasteiger charge is -1.87. The van der Waals surface area contributed by atoms with Crippen LogP contribution in [-0.4, -0.2) is 4.98 Å². The SMILES string of the molecule is CCCc1[nH]cc[n+]1C. The predicted molar refractivity (Wildman–Crippen MR) is 36.0 cm³/mol. The van der Waals surface area contributed by atoms with Crippen molar-refractivity contribution in [2.45, 2.75) is 19.8 Å². The maximum atomic E-state index is 3.17. The fourth-order valence-corrected chi connectivity index (χ4v) is 0.922. The van der Waals surface area contributed by atoms with Crippen LogP contribution in [0.5, 0.6) is 0 Å². The van der Waals surface area contributed by atoms with Crippen LogP contribution >= 0.6 is 0 Å². The molecule has 9 heavy (non-hydrogen) atoms. The number of H-pyrrole nitrogens is 1. The van der Waals surface area contributed by atoms with Gasteiger partial charge in [-0.2, -0.15) is 0 Å². The zero-order valence-electron chi connectivity index (χ0n) is 6.02. The van der Waals surface area contributed by atoms with Gasteiger partial charge < -0.3 is 0 Å². The predicted octanol–water partition coefficient (Wildman–Crippen LogP) is 0.792. The van der Waals surface area contributed by atoms with Gasteiger partial charge in [0.25, 0.3) is 5.82 Å². The van der Waals surface area contributed by atoms with Crippen LogP contribution in [0.25, 0.3) is 0 Å². The van der Waals surface area contributed by atoms with E-state index in [0.29, 0.717) is 0 Å². The van der Waals surface area contributed by atoms with E-state index in [2.05, 4.69) is 23.5 Å². The highest BCUT2D eigenvalue weighted by Crippen LogP contribution is 1.89. The molecule has 0 aliphatic carbocycles. The van der Waals surface area contributed by atoms with Crippen molar-refractivity contribution in [3.05, 3.63) is 18.2 Å². The lowest BCUT2D eigenvalue weighted by molar-refractivity contribution is -0.677. The van der Waals surface area contributed by atoms with Crippen LogP contribution in [0.2, 0.25) is 0 Å². The van der Waals surface area contributed by atoms with Crippen LogP contribution in [0.15, 0.2) is 12.4 Å². The highest BCUT2D eigenvalue weighted by atomic mass is 15.0. The molecule has 0 aromatic carbocycles. The summed E-state index contributed by atoms with van der Waals surface area (Å²) in [5, 5.41) is 0. The average Bonchev–Trinajstić information content (AvgIpc) is 2.18. The minimum Gasteiger partial charge on any atom is -0.248 e. The standard InChI is InChI=1S/C7H12N2/c1-3-4-7-8-5-6-9(7)2/h5-6H,3-4H2,1-2H3/p+1. The van der Waals surface area contributed by atoms with Gasteiger partial charge in [0.15, 0.2) is 0 Å². The normalized spacial score (nSPS) is 10.0. The van der Waals surface area contributed by atoms with Crippen LogP contribution in [-0.2, 0) is 13.5 Å². The first-order valence-electron chi connectivity index (χ1n) is 3.36. The molecule has 0 bridgehead atoms. The summed E-state index contributed by atoms with van der Waals surface area (Å²) in [5.41, 5.74) is 0. The fourth-order valence-electron chi connectivity index (χ4n) is 0.922. The molecular formula is C7H13N2+. The molecule has 0 fully saturated rings. The van der Waals surface area contributed by atoms with Gasteiger partial charge in [-0.05, 0) is 6.42 Å². The van der Waals surface area contributed by atoms with Crippen LogP contribution in [0, 0.1) is 0 Å². The summed E-state index contributed by atoms with van der Waals surface area (Å²) in [6.45, 7) is 2.18. The van der Waals surface area contributed by atoms with Crippen molar-refractivity contribution < 1.29 is 4.57 Å². The fraction of sp³-hybridized carbons (Fsp3) is 0.571. The molecule has 1 rings (SSSR count). The van der Waals surface area contributed by atoms with Gasteiger partial charge in [-0.3, -0.25) is 0 Å². The average molecular weight is 125 g/mol. The summed E-state index contributed by atoms with van der Waals surface area (Å²) in [5.74, 6) is 1.30. The molecular weight excluding hydrogens is 112 g/mol. The molecule has 0 radical (unpaired) electrons. The molecule has 2 nitrogen and oxygen atoms in total. The number of hydrogen-bond donors (Lipinski definition) is 1. The van der Waals surface area contributed by atoms with Crippen LogP contribution in [0.3, 0.4) is 0 Å². The number of aryl methyl sites for hydroxylation is 2. The molecule has 0 saturated carbocycles. The maximum Gasteiger partial charge on any atom is 0.253 e. The molecule has 1 aromatic rings. The van der Waals surface area contributed by atoms with Crippen LogP contribution < -0.4 is 4.57 Å². The summed E-state index contributed by atoms with van der Waals surface area (Å²) >= 11 is 0. The topological polar surface area (TPSA) is 19.7 Å². The molecule has 2 heteroatoms. The van der Waals surface area contributed by atoms with Gasteiger partial charge in [0, 0.05) is 6.42 Å². The van der Waals surface area contributed by atoms with Crippen LogP contribution in [0.4, 0.5) is 0 Å². The van der Waals surface area contributed by atoms with E-state index in [0.717, 1.165) is 6.42 Å². The quantitative estimate of drug-likeness (QED) is 0.564. The first-order chi connectivity index (χ1) is 4.34. The second kappa shape index (κ2) is 2.67. The van der Waals surface area contributed by atoms with E-state index in [1.54, 1.807) is 0 Å². The number of nitrogens with zero attached hydrogens (tertiary/aromatic N) is 1. The molecule has 0 amide bonds. The molecule has 0 spiro atoms. The number of aromatic nitrogens is 2. The summed E-state index contributed by atoms with van der Waals surface area (Å²) in [7, 11) is 2.06. The van der Waals surface area contributed by atoms with E-state index in [4.69, 9.17) is 0 Å². The molecule has 1 heterocycles. The van der Waals surface area contributed by atoms with Gasteiger partial charge in [-0.15, -0.1) is 0 Å². The monoisotopic (exact) mass is 125 g/mol. The Morgan fingerprint density at radius 3 is 2.89 bits per heavy atom. The van der Waals surface area contributed by atoms with E-state index in [9.17, 15) is 0 Å². The van der Waals surface area contributed by atoms with Gasteiger partial charge in [-0.1, -0.05) is 6.92 Å². The molecule has 1 aromatic heterocycles. The van der Waals surface area contributed by atoms with Crippen molar-refractivity contribution >= 4 is 0 Å². The highest BCUT2D eigenvalue weighted by Gasteiger charge is 2.02. The number of imidazole rings is 1. The lowest BCUT2D eigenvalue weighted by atomic mass is 10.3. The molecule has 0 unspecified atom stereocenters.